The molecule has 2 atom stereocenters. The van der Waals surface area contributed by atoms with E-state index in [9.17, 15) is 14.7 Å². The van der Waals surface area contributed by atoms with E-state index >= 15 is 0 Å². The number of ether oxygens (including phenoxy) is 2. The molecule has 1 fully saturated rings. The van der Waals surface area contributed by atoms with Crippen LogP contribution in [0.4, 0.5) is 4.79 Å². The van der Waals surface area contributed by atoms with Crippen molar-refractivity contribution in [2.24, 2.45) is 0 Å². The number of carbonyl (C=O) groups excluding carboxylic acids is 2. The monoisotopic (exact) mass is 424 g/mol. The molecule has 0 aromatic heterocycles. The molecule has 164 valence electrons. The lowest BCUT2D eigenvalue weighted by Crippen LogP contribution is -2.47. The standard InChI is InChI=1S/C24H28N2O5/c1-15-6-4-7-16(2)21(15)31-14-18(27)13-26-22(28)24(25-23(26)29)11-5-8-17-12-19(30-3)9-10-20(17)24/h4,6-7,9-10,12,18,27H,5,8,11,13-14H2,1-3H3,(H,25,29)/t18-,24-/m0/s1. The summed E-state index contributed by atoms with van der Waals surface area (Å²) in [5, 5.41) is 13.4. The van der Waals surface area contributed by atoms with Crippen LogP contribution in [0.1, 0.15) is 35.1 Å². The Balaban J connectivity index is 1.49. The molecule has 0 unspecified atom stereocenters. The molecule has 31 heavy (non-hydrogen) atoms. The fourth-order valence-corrected chi connectivity index (χ4v) is 4.61. The Labute approximate surface area is 182 Å². The second-order valence-electron chi connectivity index (χ2n) is 8.31. The van der Waals surface area contributed by atoms with Crippen molar-refractivity contribution in [3.05, 3.63) is 58.7 Å². The van der Waals surface area contributed by atoms with Gasteiger partial charge >= 0.3 is 6.03 Å². The molecule has 2 aliphatic rings. The van der Waals surface area contributed by atoms with Crippen LogP contribution in [-0.4, -0.2) is 48.3 Å². The minimum absolute atomic E-state index is 0.0104. The van der Waals surface area contributed by atoms with Gasteiger partial charge in [0.25, 0.3) is 5.91 Å². The summed E-state index contributed by atoms with van der Waals surface area (Å²) in [4.78, 5) is 27.2. The summed E-state index contributed by atoms with van der Waals surface area (Å²) in [6.07, 6.45) is 1.13. The number of urea groups is 1. The van der Waals surface area contributed by atoms with E-state index in [0.717, 1.165) is 45.7 Å². The first-order valence-electron chi connectivity index (χ1n) is 10.5. The fraction of sp³-hybridized carbons (Fsp3) is 0.417. The smallest absolute Gasteiger partial charge is 0.325 e. The van der Waals surface area contributed by atoms with Crippen LogP contribution in [0.25, 0.3) is 0 Å². The summed E-state index contributed by atoms with van der Waals surface area (Å²) in [6, 6.07) is 10.9. The minimum Gasteiger partial charge on any atom is -0.497 e. The van der Waals surface area contributed by atoms with Crippen LogP contribution in [0.2, 0.25) is 0 Å². The summed E-state index contributed by atoms with van der Waals surface area (Å²) >= 11 is 0. The summed E-state index contributed by atoms with van der Waals surface area (Å²) in [5.41, 5.74) is 2.66. The van der Waals surface area contributed by atoms with Gasteiger partial charge in [0.2, 0.25) is 0 Å². The number of hydrogen-bond acceptors (Lipinski definition) is 5. The number of benzene rings is 2. The number of rotatable bonds is 6. The lowest BCUT2D eigenvalue weighted by molar-refractivity contribution is -0.133. The van der Waals surface area contributed by atoms with E-state index in [4.69, 9.17) is 9.47 Å². The van der Waals surface area contributed by atoms with Gasteiger partial charge < -0.3 is 19.9 Å². The topological polar surface area (TPSA) is 88.1 Å². The minimum atomic E-state index is -1.08. The van der Waals surface area contributed by atoms with Gasteiger partial charge in [0.1, 0.15) is 29.7 Å². The molecule has 1 aliphatic carbocycles. The highest BCUT2D eigenvalue weighted by Crippen LogP contribution is 2.41. The van der Waals surface area contributed by atoms with Crippen LogP contribution < -0.4 is 14.8 Å². The predicted octanol–water partition coefficient (Wildman–Crippen LogP) is 2.84. The van der Waals surface area contributed by atoms with Crippen LogP contribution in [0.15, 0.2) is 36.4 Å². The van der Waals surface area contributed by atoms with Gasteiger partial charge in [-0.3, -0.25) is 9.69 Å². The maximum atomic E-state index is 13.4. The van der Waals surface area contributed by atoms with Gasteiger partial charge in [-0.1, -0.05) is 24.3 Å². The van der Waals surface area contributed by atoms with Crippen molar-refractivity contribution < 1.29 is 24.2 Å². The highest BCUT2D eigenvalue weighted by Gasteiger charge is 2.54. The maximum Gasteiger partial charge on any atom is 0.325 e. The molecule has 2 aromatic carbocycles. The molecule has 7 heteroatoms. The third-order valence-corrected chi connectivity index (χ3v) is 6.17. The maximum absolute atomic E-state index is 13.4. The lowest BCUT2D eigenvalue weighted by Gasteiger charge is -2.33. The zero-order chi connectivity index (χ0) is 22.2. The van der Waals surface area contributed by atoms with Crippen LogP contribution >= 0.6 is 0 Å². The van der Waals surface area contributed by atoms with Crippen molar-refractivity contribution in [1.82, 2.24) is 10.2 Å². The van der Waals surface area contributed by atoms with Gasteiger partial charge in [-0.2, -0.15) is 0 Å². The molecule has 0 saturated carbocycles. The second kappa shape index (κ2) is 8.23. The van der Waals surface area contributed by atoms with Crippen molar-refractivity contribution in [3.63, 3.8) is 0 Å². The molecule has 3 amide bonds. The van der Waals surface area contributed by atoms with E-state index < -0.39 is 17.7 Å². The van der Waals surface area contributed by atoms with Gasteiger partial charge in [-0.25, -0.2) is 4.79 Å². The Hall–Kier alpha value is -3.06. The number of nitrogens with one attached hydrogen (secondary N) is 1. The van der Waals surface area contributed by atoms with Gasteiger partial charge in [0.05, 0.1) is 13.7 Å². The number of aryl methyl sites for hydroxylation is 3. The molecule has 7 nitrogen and oxygen atoms in total. The van der Waals surface area contributed by atoms with Crippen molar-refractivity contribution in [1.29, 1.82) is 0 Å². The van der Waals surface area contributed by atoms with Crippen LogP contribution in [-0.2, 0) is 16.8 Å². The molecule has 0 radical (unpaired) electrons. The Bertz CT molecular complexity index is 1000. The first-order chi connectivity index (χ1) is 14.9. The van der Waals surface area contributed by atoms with Crippen LogP contribution in [0.5, 0.6) is 11.5 Å². The molecule has 1 spiro atoms. The molecule has 2 aromatic rings. The molecule has 1 aliphatic heterocycles. The number of imide groups is 1. The SMILES string of the molecule is COc1ccc2c(c1)CCC[C@]21NC(=O)N(C[C@H](O)COc2c(C)cccc2C)C1=O. The number of aliphatic hydroxyl groups excluding tert-OH is 1. The summed E-state index contributed by atoms with van der Waals surface area (Å²) < 4.78 is 11.1. The molecule has 0 bridgehead atoms. The quantitative estimate of drug-likeness (QED) is 0.697. The zero-order valence-corrected chi connectivity index (χ0v) is 18.1. The predicted molar refractivity (Wildman–Crippen MR) is 115 cm³/mol. The molecular weight excluding hydrogens is 396 g/mol. The van der Waals surface area contributed by atoms with E-state index in [0.29, 0.717) is 12.2 Å². The number of β-amino-alcohol motifs (C(OH)–C–C–N with tert-alkyl or cyclic N) is 1. The Morgan fingerprint density at radius 3 is 2.65 bits per heavy atom. The number of amides is 3. The third-order valence-electron chi connectivity index (χ3n) is 6.17. The Morgan fingerprint density at radius 2 is 1.94 bits per heavy atom. The van der Waals surface area contributed by atoms with E-state index in [1.165, 1.54) is 0 Å². The first kappa shape index (κ1) is 21.2. The first-order valence-corrected chi connectivity index (χ1v) is 10.5. The van der Waals surface area contributed by atoms with Crippen LogP contribution in [0, 0.1) is 13.8 Å². The van der Waals surface area contributed by atoms with Crippen LogP contribution in [0.3, 0.4) is 0 Å². The fourth-order valence-electron chi connectivity index (χ4n) is 4.61. The number of methoxy groups -OCH3 is 1. The van der Waals surface area contributed by atoms with Gasteiger partial charge in [0, 0.05) is 0 Å². The lowest BCUT2D eigenvalue weighted by atomic mass is 9.76. The van der Waals surface area contributed by atoms with Gasteiger partial charge in [-0.05, 0) is 67.5 Å². The largest absolute Gasteiger partial charge is 0.497 e. The van der Waals surface area contributed by atoms with E-state index in [1.54, 1.807) is 13.2 Å². The Kier molecular flexibility index (Phi) is 5.62. The molecule has 2 N–H and O–H groups in total. The second-order valence-corrected chi connectivity index (χ2v) is 8.31. The number of hydrogen-bond donors (Lipinski definition) is 2. The average molecular weight is 424 g/mol. The number of carbonyl (C=O) groups is 2. The normalized spacial score (nSPS) is 21.1. The van der Waals surface area contributed by atoms with Crippen molar-refractivity contribution >= 4 is 11.9 Å². The van der Waals surface area contributed by atoms with E-state index in [1.807, 2.05) is 44.2 Å². The highest BCUT2D eigenvalue weighted by atomic mass is 16.5. The number of para-hydroxylation sites is 1. The van der Waals surface area contributed by atoms with Crippen molar-refractivity contribution in [2.75, 3.05) is 20.3 Å². The van der Waals surface area contributed by atoms with E-state index in [2.05, 4.69) is 5.32 Å². The molecule has 1 saturated heterocycles. The average Bonchev–Trinajstić information content (AvgIpc) is 2.98. The molecule has 1 heterocycles. The highest BCUT2D eigenvalue weighted by molar-refractivity contribution is 6.07. The number of aliphatic hydroxyl groups is 1. The van der Waals surface area contributed by atoms with Crippen molar-refractivity contribution in [3.8, 4) is 11.5 Å². The summed E-state index contributed by atoms with van der Waals surface area (Å²) in [5.74, 6) is 1.11. The van der Waals surface area contributed by atoms with Gasteiger partial charge in [0.15, 0.2) is 0 Å². The summed E-state index contributed by atoms with van der Waals surface area (Å²) in [6.45, 7) is 3.74. The van der Waals surface area contributed by atoms with E-state index in [-0.39, 0.29) is 19.1 Å². The number of fused-ring (bicyclic) bond motifs is 2. The molecule has 4 rings (SSSR count). The number of nitrogens with zero attached hydrogens (tertiary/aromatic N) is 1. The summed E-state index contributed by atoms with van der Waals surface area (Å²) in [7, 11) is 1.60. The van der Waals surface area contributed by atoms with Gasteiger partial charge in [-0.15, -0.1) is 0 Å². The third kappa shape index (κ3) is 3.74. The molecular formula is C24H28N2O5. The zero-order valence-electron chi connectivity index (χ0n) is 18.1. The Morgan fingerprint density at radius 1 is 1.19 bits per heavy atom. The van der Waals surface area contributed by atoms with Crippen molar-refractivity contribution in [2.45, 2.75) is 44.8 Å².